The Morgan fingerprint density at radius 1 is 1.19 bits per heavy atom. The van der Waals surface area contributed by atoms with Gasteiger partial charge in [-0.05, 0) is 0 Å². The summed E-state index contributed by atoms with van der Waals surface area (Å²) in [6.07, 6.45) is 1.19. The summed E-state index contributed by atoms with van der Waals surface area (Å²) < 4.78 is 66.8. The average Bonchev–Trinajstić information content (AvgIpc) is 3.28. The van der Waals surface area contributed by atoms with Crippen LogP contribution in [0.15, 0.2) is 51.6 Å². The summed E-state index contributed by atoms with van der Waals surface area (Å²) >= 11 is -0.615. The van der Waals surface area contributed by atoms with Crippen molar-refractivity contribution in [1.82, 2.24) is 9.99 Å². The number of hydrogen-bond donors (Lipinski definition) is 1. The zero-order valence-electron chi connectivity index (χ0n) is 19.0. The molecule has 1 aromatic heterocycles. The van der Waals surface area contributed by atoms with Crippen molar-refractivity contribution in [2.24, 2.45) is 15.1 Å². The fraction of sp³-hybridized carbons (Fsp3) is 0.261. The first-order chi connectivity index (χ1) is 17.6. The van der Waals surface area contributed by atoms with Crippen LogP contribution in [0.2, 0.25) is 4.71 Å². The molecule has 14 heteroatoms. The van der Waals surface area contributed by atoms with Crippen molar-refractivity contribution in [3.8, 4) is 0 Å². The fourth-order valence-corrected chi connectivity index (χ4v) is 7.07. The van der Waals surface area contributed by atoms with Crippen molar-refractivity contribution in [2.75, 3.05) is 18.8 Å². The van der Waals surface area contributed by atoms with E-state index in [4.69, 9.17) is 5.73 Å². The quantitative estimate of drug-likeness (QED) is 0.255. The number of aliphatic imine (C=N–C) groups is 2. The molecule has 1 fully saturated rings. The van der Waals surface area contributed by atoms with E-state index >= 15 is 0 Å². The van der Waals surface area contributed by atoms with Gasteiger partial charge in [0, 0.05) is 0 Å². The van der Waals surface area contributed by atoms with Gasteiger partial charge in [-0.3, -0.25) is 0 Å². The van der Waals surface area contributed by atoms with E-state index in [0.29, 0.717) is 23.4 Å². The van der Waals surface area contributed by atoms with E-state index in [1.54, 1.807) is 6.20 Å². The van der Waals surface area contributed by atoms with Crippen molar-refractivity contribution in [3.63, 3.8) is 0 Å². The summed E-state index contributed by atoms with van der Waals surface area (Å²) in [5, 5.41) is 6.59. The van der Waals surface area contributed by atoms with Gasteiger partial charge in [0.05, 0.1) is 0 Å². The van der Waals surface area contributed by atoms with Gasteiger partial charge in [0.25, 0.3) is 0 Å². The Hall–Kier alpha value is -3.28. The molecule has 2 aromatic rings. The number of Topliss-reactive ketones (excluding diaryl/α,β-unsaturated/α-hetero) is 1. The monoisotopic (exact) mass is 579 g/mol. The summed E-state index contributed by atoms with van der Waals surface area (Å²) in [5.41, 5.74) is 5.44. The van der Waals surface area contributed by atoms with Gasteiger partial charge in [0.15, 0.2) is 0 Å². The van der Waals surface area contributed by atoms with Crippen LogP contribution in [0.1, 0.15) is 28.8 Å². The second-order valence-electron chi connectivity index (χ2n) is 8.53. The fourth-order valence-electron chi connectivity index (χ4n) is 4.38. The number of fused-ring (bicyclic) bond motifs is 1. The summed E-state index contributed by atoms with van der Waals surface area (Å²) in [6, 6.07) is 5.76. The van der Waals surface area contributed by atoms with E-state index in [2.05, 4.69) is 20.1 Å². The number of quaternary nitrogens is 1. The number of halogens is 5. The first kappa shape index (κ1) is 25.4. The van der Waals surface area contributed by atoms with Gasteiger partial charge >= 0.3 is 214 Å². The second-order valence-corrected chi connectivity index (χ2v) is 11.6. The van der Waals surface area contributed by atoms with Crippen LogP contribution in [0, 0.1) is 11.6 Å². The minimum atomic E-state index is -5.03. The Labute approximate surface area is 214 Å². The standard InChI is InChI=1S/C23H18AsF5N7O/c25-14-3-4-15(17(26)8-14)18-11-36(20(9-31-18)32-12-33-36)35-7-1-2-13(10-35)24-19-6-5-16(22(30)34-19)21(37)23(27,28)29/h3-6,8-9,11-13H,1-2,7,10H2,(H-,30,34,37)/p+1. The molecule has 0 amide bonds. The Balaban J connectivity index is 1.38. The van der Waals surface area contributed by atoms with Gasteiger partial charge in [-0.1, -0.05) is 0 Å². The van der Waals surface area contributed by atoms with Crippen molar-refractivity contribution < 1.29 is 31.4 Å². The molecule has 2 atom stereocenters. The van der Waals surface area contributed by atoms with E-state index < -0.39 is 50.7 Å². The van der Waals surface area contributed by atoms with Gasteiger partial charge in [-0.2, -0.15) is 0 Å². The van der Waals surface area contributed by atoms with Crippen LogP contribution in [-0.4, -0.2) is 73.9 Å². The Morgan fingerprint density at radius 3 is 2.73 bits per heavy atom. The molecule has 0 aliphatic carbocycles. The molecule has 191 valence electrons. The number of rotatable bonds is 5. The van der Waals surface area contributed by atoms with Gasteiger partial charge in [-0.25, -0.2) is 0 Å². The maximum atomic E-state index is 14.5. The number of amidine groups is 1. The number of anilines is 1. The molecule has 1 aromatic carbocycles. The number of hydrogen-bond acceptors (Lipinski definition) is 7. The van der Waals surface area contributed by atoms with Crippen LogP contribution in [0.3, 0.4) is 0 Å². The molecule has 3 aliphatic rings. The summed E-state index contributed by atoms with van der Waals surface area (Å²) in [7, 11) is 0. The molecule has 5 rings (SSSR count). The van der Waals surface area contributed by atoms with Crippen LogP contribution >= 0.6 is 0 Å². The van der Waals surface area contributed by atoms with Crippen LogP contribution in [0.4, 0.5) is 27.8 Å². The zero-order chi connectivity index (χ0) is 26.4. The molecule has 1 saturated heterocycles. The number of nitrogen functional groups attached to an aromatic ring is 1. The zero-order valence-corrected chi connectivity index (χ0v) is 20.9. The third-order valence-corrected chi connectivity index (χ3v) is 8.84. The number of nitrogens with two attached hydrogens (primary N) is 1. The number of piperidine rings is 1. The Kier molecular flexibility index (Phi) is 6.55. The molecule has 3 aliphatic heterocycles. The van der Waals surface area contributed by atoms with Crippen LogP contribution < -0.4 is 10.2 Å². The van der Waals surface area contributed by atoms with Crippen molar-refractivity contribution in [2.45, 2.75) is 23.7 Å². The Bertz CT molecular complexity index is 1390. The van der Waals surface area contributed by atoms with Crippen molar-refractivity contribution in [3.05, 3.63) is 59.3 Å². The molecule has 0 bridgehead atoms. The van der Waals surface area contributed by atoms with E-state index in [9.17, 15) is 26.7 Å². The van der Waals surface area contributed by atoms with Gasteiger partial charge in [-0.15, -0.1) is 0 Å². The minimum absolute atomic E-state index is 0.129. The number of aromatic nitrogens is 1. The normalized spacial score (nSPS) is 23.9. The van der Waals surface area contributed by atoms with Gasteiger partial charge in [0.1, 0.15) is 0 Å². The second kappa shape index (κ2) is 9.55. The summed E-state index contributed by atoms with van der Waals surface area (Å²) in [5.74, 6) is -3.39. The number of pyridine rings is 1. The van der Waals surface area contributed by atoms with E-state index in [0.717, 1.165) is 31.0 Å². The van der Waals surface area contributed by atoms with E-state index in [1.807, 2.05) is 5.01 Å². The number of carbonyl (C=O) groups excluding carboxylic acids is 1. The molecule has 0 spiro atoms. The van der Waals surface area contributed by atoms with Gasteiger partial charge in [0.2, 0.25) is 0 Å². The first-order valence-electron chi connectivity index (χ1n) is 11.1. The molecule has 1 radical (unpaired) electrons. The van der Waals surface area contributed by atoms with Crippen molar-refractivity contribution in [1.29, 1.82) is 0 Å². The third kappa shape index (κ3) is 4.86. The number of alkyl halides is 3. The summed E-state index contributed by atoms with van der Waals surface area (Å²) in [4.78, 5) is 24.2. The van der Waals surface area contributed by atoms with Crippen LogP contribution in [0.25, 0.3) is 5.70 Å². The predicted molar refractivity (Wildman–Crippen MR) is 128 cm³/mol. The number of nitrogens with zero attached hydrogens (tertiary/aromatic N) is 6. The molecule has 2 unspecified atom stereocenters. The van der Waals surface area contributed by atoms with Crippen molar-refractivity contribution >= 4 is 55.9 Å². The maximum absolute atomic E-state index is 14.5. The summed E-state index contributed by atoms with van der Waals surface area (Å²) in [6.45, 7) is 1.19. The molecule has 37 heavy (non-hydrogen) atoms. The first-order valence-corrected chi connectivity index (χ1v) is 13.2. The molecule has 2 N–H and O–H groups in total. The SMILES string of the molecule is Nc1nc([As]C2CCCN([N+]34C=C(c5ccc(F)cc5F)N=CC3=NC=N4)C2)ccc1C(=O)C(F)(F)F. The van der Waals surface area contributed by atoms with Crippen LogP contribution in [-0.2, 0) is 0 Å². The molecule has 4 heterocycles. The molecule has 8 nitrogen and oxygen atoms in total. The predicted octanol–water partition coefficient (Wildman–Crippen LogP) is 3.07. The number of carbonyl (C=O) groups is 1. The van der Waals surface area contributed by atoms with E-state index in [1.165, 1.54) is 24.7 Å². The molecule has 0 saturated carbocycles. The number of ketones is 1. The topological polar surface area (TPSA) is 96.3 Å². The van der Waals surface area contributed by atoms with Gasteiger partial charge < -0.3 is 0 Å². The molecular formula is C23H19AsF5N7O+. The average molecular weight is 579 g/mol. The van der Waals surface area contributed by atoms with E-state index in [-0.39, 0.29) is 20.7 Å². The Morgan fingerprint density at radius 2 is 2.00 bits per heavy atom. The third-order valence-electron chi connectivity index (χ3n) is 6.12. The number of benzene rings is 1. The van der Waals surface area contributed by atoms with Crippen LogP contribution in [0.5, 0.6) is 0 Å². The molecular weight excluding hydrogens is 560 g/mol.